The third kappa shape index (κ3) is 4.56. The van der Waals surface area contributed by atoms with Crippen molar-refractivity contribution in [3.8, 4) is 5.75 Å². The van der Waals surface area contributed by atoms with Gasteiger partial charge < -0.3 is 14.4 Å². The van der Waals surface area contributed by atoms with E-state index in [2.05, 4.69) is 15.0 Å². The van der Waals surface area contributed by atoms with Crippen molar-refractivity contribution in [1.29, 1.82) is 0 Å². The van der Waals surface area contributed by atoms with E-state index >= 15 is 0 Å². The standard InChI is InChI=1S/C18H24FN3O3/c1-24-17-3-2-14(18(19)10-17)11-22-7-6-21(13-16(22)4-8-23)12-15-5-9-25-20-15/h2-3,5,9-10,16,23H,4,6-8,11-13H2,1H3/t16-/m1/s1. The molecule has 0 bridgehead atoms. The molecule has 0 aliphatic carbocycles. The fourth-order valence-corrected chi connectivity index (χ4v) is 3.28. The Hall–Kier alpha value is -1.96. The van der Waals surface area contributed by atoms with E-state index in [1.54, 1.807) is 18.4 Å². The van der Waals surface area contributed by atoms with Gasteiger partial charge in [0.1, 0.15) is 17.8 Å². The van der Waals surface area contributed by atoms with Crippen molar-refractivity contribution in [3.63, 3.8) is 0 Å². The molecule has 136 valence electrons. The lowest BCUT2D eigenvalue weighted by atomic mass is 10.1. The van der Waals surface area contributed by atoms with Gasteiger partial charge >= 0.3 is 0 Å². The van der Waals surface area contributed by atoms with E-state index in [9.17, 15) is 9.50 Å². The van der Waals surface area contributed by atoms with Crippen molar-refractivity contribution in [1.82, 2.24) is 15.0 Å². The maximum atomic E-state index is 14.2. The summed E-state index contributed by atoms with van der Waals surface area (Å²) >= 11 is 0. The summed E-state index contributed by atoms with van der Waals surface area (Å²) in [5.74, 6) is 0.262. The molecule has 0 spiro atoms. The second-order valence-corrected chi connectivity index (χ2v) is 6.32. The molecule has 3 rings (SSSR count). The van der Waals surface area contributed by atoms with Crippen molar-refractivity contribution < 1.29 is 18.8 Å². The molecule has 1 aromatic heterocycles. The number of piperazine rings is 1. The number of hydrogen-bond donors (Lipinski definition) is 1. The summed E-state index contributed by atoms with van der Waals surface area (Å²) in [5.41, 5.74) is 1.55. The van der Waals surface area contributed by atoms with E-state index in [0.717, 1.165) is 31.9 Å². The van der Waals surface area contributed by atoms with Crippen molar-refractivity contribution >= 4 is 0 Å². The van der Waals surface area contributed by atoms with Crippen LogP contribution in [0.1, 0.15) is 17.7 Å². The van der Waals surface area contributed by atoms with Crippen LogP contribution in [0.15, 0.2) is 35.1 Å². The van der Waals surface area contributed by atoms with E-state index in [-0.39, 0.29) is 18.5 Å². The van der Waals surface area contributed by atoms with E-state index in [4.69, 9.17) is 9.26 Å². The lowest BCUT2D eigenvalue weighted by Gasteiger charge is -2.41. The molecule has 0 saturated carbocycles. The second kappa shape index (κ2) is 8.42. The molecule has 2 heterocycles. The third-order valence-electron chi connectivity index (χ3n) is 4.66. The molecule has 1 fully saturated rings. The van der Waals surface area contributed by atoms with E-state index in [1.807, 2.05) is 6.07 Å². The maximum absolute atomic E-state index is 14.2. The average molecular weight is 349 g/mol. The van der Waals surface area contributed by atoms with Crippen LogP contribution in [0.4, 0.5) is 4.39 Å². The average Bonchev–Trinajstić information content (AvgIpc) is 3.12. The molecule has 2 aromatic rings. The van der Waals surface area contributed by atoms with Gasteiger partial charge in [-0.3, -0.25) is 9.80 Å². The highest BCUT2D eigenvalue weighted by atomic mass is 19.1. The molecule has 7 heteroatoms. The number of halogens is 1. The van der Waals surface area contributed by atoms with Gasteiger partial charge in [-0.15, -0.1) is 0 Å². The highest BCUT2D eigenvalue weighted by Gasteiger charge is 2.27. The predicted molar refractivity (Wildman–Crippen MR) is 90.6 cm³/mol. The number of aliphatic hydroxyl groups excluding tert-OH is 1. The molecule has 1 aliphatic heterocycles. The van der Waals surface area contributed by atoms with Crippen LogP contribution >= 0.6 is 0 Å². The fourth-order valence-electron chi connectivity index (χ4n) is 3.28. The Balaban J connectivity index is 1.64. The van der Waals surface area contributed by atoms with Crippen LogP contribution in [0, 0.1) is 5.82 Å². The first kappa shape index (κ1) is 17.8. The minimum Gasteiger partial charge on any atom is -0.497 e. The first-order valence-corrected chi connectivity index (χ1v) is 8.48. The highest BCUT2D eigenvalue weighted by molar-refractivity contribution is 5.29. The zero-order chi connectivity index (χ0) is 17.6. The number of methoxy groups -OCH3 is 1. The monoisotopic (exact) mass is 349 g/mol. The van der Waals surface area contributed by atoms with Crippen molar-refractivity contribution in [2.75, 3.05) is 33.4 Å². The zero-order valence-corrected chi connectivity index (χ0v) is 14.4. The largest absolute Gasteiger partial charge is 0.497 e. The number of ether oxygens (including phenoxy) is 1. The Kier molecular flexibility index (Phi) is 6.01. The van der Waals surface area contributed by atoms with Crippen molar-refractivity contribution in [2.45, 2.75) is 25.6 Å². The third-order valence-corrected chi connectivity index (χ3v) is 4.66. The number of rotatable bonds is 7. The van der Waals surface area contributed by atoms with Crippen LogP contribution in [0.3, 0.4) is 0 Å². The lowest BCUT2D eigenvalue weighted by molar-refractivity contribution is 0.0482. The predicted octanol–water partition coefficient (Wildman–Crippen LogP) is 1.89. The minimum absolute atomic E-state index is 0.115. The summed E-state index contributed by atoms with van der Waals surface area (Å²) in [6.45, 7) is 3.86. The smallest absolute Gasteiger partial charge is 0.131 e. The minimum atomic E-state index is -0.257. The Morgan fingerprint density at radius 3 is 2.88 bits per heavy atom. The van der Waals surface area contributed by atoms with Gasteiger partial charge in [-0.1, -0.05) is 11.2 Å². The first-order valence-electron chi connectivity index (χ1n) is 8.48. The molecule has 0 amide bonds. The topological polar surface area (TPSA) is 62.0 Å². The van der Waals surface area contributed by atoms with Gasteiger partial charge in [-0.05, 0) is 12.5 Å². The van der Waals surface area contributed by atoms with E-state index in [0.29, 0.717) is 24.3 Å². The molecular formula is C18H24FN3O3. The number of aromatic nitrogens is 1. The zero-order valence-electron chi connectivity index (χ0n) is 14.4. The Morgan fingerprint density at radius 2 is 2.20 bits per heavy atom. The van der Waals surface area contributed by atoms with Gasteiger partial charge in [-0.25, -0.2) is 4.39 Å². The molecule has 25 heavy (non-hydrogen) atoms. The molecule has 1 aliphatic rings. The lowest BCUT2D eigenvalue weighted by Crippen LogP contribution is -2.52. The van der Waals surface area contributed by atoms with Gasteiger partial charge in [-0.2, -0.15) is 0 Å². The molecule has 1 saturated heterocycles. The Morgan fingerprint density at radius 1 is 1.32 bits per heavy atom. The molecular weight excluding hydrogens is 325 g/mol. The van der Waals surface area contributed by atoms with Crippen LogP contribution in [0.2, 0.25) is 0 Å². The normalized spacial score (nSPS) is 19.2. The van der Waals surface area contributed by atoms with Gasteiger partial charge in [0.05, 0.1) is 12.8 Å². The van der Waals surface area contributed by atoms with Gasteiger partial charge in [0.15, 0.2) is 0 Å². The molecule has 1 N–H and O–H groups in total. The number of benzene rings is 1. The SMILES string of the molecule is COc1ccc(CN2CCN(Cc3ccon3)C[C@H]2CCO)c(F)c1. The second-order valence-electron chi connectivity index (χ2n) is 6.32. The van der Waals surface area contributed by atoms with Crippen molar-refractivity contribution in [2.24, 2.45) is 0 Å². The summed E-state index contributed by atoms with van der Waals surface area (Å²) in [6.07, 6.45) is 2.23. The molecule has 6 nitrogen and oxygen atoms in total. The molecule has 0 radical (unpaired) electrons. The van der Waals surface area contributed by atoms with Gasteiger partial charge in [0.2, 0.25) is 0 Å². The Labute approximate surface area is 146 Å². The van der Waals surface area contributed by atoms with Crippen LogP contribution in [0.5, 0.6) is 5.75 Å². The maximum Gasteiger partial charge on any atom is 0.131 e. The quantitative estimate of drug-likeness (QED) is 0.824. The van der Waals surface area contributed by atoms with Crippen molar-refractivity contribution in [3.05, 3.63) is 47.6 Å². The van der Waals surface area contributed by atoms with E-state index < -0.39 is 0 Å². The summed E-state index contributed by atoms with van der Waals surface area (Å²) in [4.78, 5) is 4.53. The summed E-state index contributed by atoms with van der Waals surface area (Å²) < 4.78 is 24.2. The number of aliphatic hydroxyl groups is 1. The van der Waals surface area contributed by atoms with Crippen LogP contribution in [-0.4, -0.2) is 59.5 Å². The summed E-state index contributed by atoms with van der Waals surface area (Å²) in [6, 6.07) is 7.00. The number of hydrogen-bond acceptors (Lipinski definition) is 6. The van der Waals surface area contributed by atoms with Gasteiger partial charge in [0.25, 0.3) is 0 Å². The first-order chi connectivity index (χ1) is 12.2. The fraction of sp³-hybridized carbons (Fsp3) is 0.500. The van der Waals surface area contributed by atoms with Crippen LogP contribution in [0.25, 0.3) is 0 Å². The van der Waals surface area contributed by atoms with Gasteiger partial charge in [0, 0.05) is 63.1 Å². The highest BCUT2D eigenvalue weighted by Crippen LogP contribution is 2.22. The Bertz CT molecular complexity index is 666. The van der Waals surface area contributed by atoms with Crippen LogP contribution in [-0.2, 0) is 13.1 Å². The molecule has 0 unspecified atom stereocenters. The summed E-state index contributed by atoms with van der Waals surface area (Å²) in [5, 5.41) is 13.4. The number of nitrogens with zero attached hydrogens (tertiary/aromatic N) is 3. The molecule has 1 aromatic carbocycles. The van der Waals surface area contributed by atoms with E-state index in [1.165, 1.54) is 13.2 Å². The summed E-state index contributed by atoms with van der Waals surface area (Å²) in [7, 11) is 1.53. The molecule has 1 atom stereocenters. The van der Waals surface area contributed by atoms with Crippen LogP contribution < -0.4 is 4.74 Å².